The average molecular weight is 243 g/mol. The van der Waals surface area contributed by atoms with E-state index in [-0.39, 0.29) is 0 Å². The van der Waals surface area contributed by atoms with E-state index in [0.717, 1.165) is 19.6 Å². The molecule has 2 N–H and O–H groups in total. The third-order valence-corrected chi connectivity index (χ3v) is 3.62. The second-order valence-electron chi connectivity index (χ2n) is 4.54. The summed E-state index contributed by atoms with van der Waals surface area (Å²) in [6.45, 7) is 5.80. The Labute approximate surface area is 101 Å². The van der Waals surface area contributed by atoms with Gasteiger partial charge in [0.25, 0.3) is 0 Å². The summed E-state index contributed by atoms with van der Waals surface area (Å²) in [5.41, 5.74) is 5.63. The van der Waals surface area contributed by atoms with E-state index in [1.54, 1.807) is 4.90 Å². The fourth-order valence-electron chi connectivity index (χ4n) is 2.38. The zero-order valence-electron chi connectivity index (χ0n) is 10.1. The number of halogens is 2. The van der Waals surface area contributed by atoms with Crippen molar-refractivity contribution >= 4 is 0 Å². The predicted molar refractivity (Wildman–Crippen MR) is 63.8 cm³/mol. The highest BCUT2D eigenvalue weighted by atomic mass is 19.2. The molecule has 0 bridgehead atoms. The van der Waals surface area contributed by atoms with Crippen LogP contribution in [-0.4, -0.2) is 54.4 Å². The van der Waals surface area contributed by atoms with E-state index in [1.165, 1.54) is 18.2 Å². The number of nitrogens with zero attached hydrogens (tertiary/aromatic N) is 2. The molecule has 1 fully saturated rings. The van der Waals surface area contributed by atoms with Gasteiger partial charge in [-0.3, -0.25) is 4.90 Å². The number of piperazine rings is 1. The van der Waals surface area contributed by atoms with Crippen LogP contribution < -0.4 is 5.73 Å². The van der Waals surface area contributed by atoms with Crippen LogP contribution in [0.15, 0.2) is 24.1 Å². The first-order chi connectivity index (χ1) is 8.08. The summed E-state index contributed by atoms with van der Waals surface area (Å²) in [6.07, 6.45) is 4.00. The summed E-state index contributed by atoms with van der Waals surface area (Å²) < 4.78 is 28.1. The minimum atomic E-state index is -1.88. The summed E-state index contributed by atoms with van der Waals surface area (Å²) in [6, 6.07) is -1.21. The maximum atomic E-state index is 14.7. The molecule has 5 heteroatoms. The van der Waals surface area contributed by atoms with Crippen molar-refractivity contribution in [2.45, 2.75) is 18.8 Å². The van der Waals surface area contributed by atoms with Gasteiger partial charge in [0.2, 0.25) is 5.79 Å². The van der Waals surface area contributed by atoms with Crippen molar-refractivity contribution in [3.05, 3.63) is 24.1 Å². The van der Waals surface area contributed by atoms with Crippen LogP contribution in [-0.2, 0) is 0 Å². The highest BCUT2D eigenvalue weighted by Gasteiger charge is 2.44. The van der Waals surface area contributed by atoms with Crippen LogP contribution in [0.3, 0.4) is 0 Å². The Balaban J connectivity index is 2.07. The van der Waals surface area contributed by atoms with E-state index < -0.39 is 17.7 Å². The van der Waals surface area contributed by atoms with Crippen molar-refractivity contribution in [2.24, 2.45) is 5.73 Å². The molecule has 1 saturated heterocycles. The van der Waals surface area contributed by atoms with Gasteiger partial charge in [-0.25, -0.2) is 8.78 Å². The monoisotopic (exact) mass is 243 g/mol. The second-order valence-corrected chi connectivity index (χ2v) is 4.54. The summed E-state index contributed by atoms with van der Waals surface area (Å²) in [4.78, 5) is 3.87. The van der Waals surface area contributed by atoms with E-state index in [0.29, 0.717) is 13.1 Å². The van der Waals surface area contributed by atoms with Gasteiger partial charge in [0, 0.05) is 26.2 Å². The van der Waals surface area contributed by atoms with Gasteiger partial charge < -0.3 is 10.6 Å². The van der Waals surface area contributed by atoms with Gasteiger partial charge in [0.1, 0.15) is 11.9 Å². The SMILES string of the molecule is CCN1CCN(C2(F)C=CC=C(F)C2N)CC1. The van der Waals surface area contributed by atoms with Crippen LogP contribution in [0.25, 0.3) is 0 Å². The number of hydrogen-bond donors (Lipinski definition) is 1. The summed E-state index contributed by atoms with van der Waals surface area (Å²) >= 11 is 0. The molecule has 1 aliphatic heterocycles. The molecule has 1 aliphatic carbocycles. The molecular weight excluding hydrogens is 224 g/mol. The Hall–Kier alpha value is -0.780. The molecule has 2 unspecified atom stereocenters. The molecule has 0 spiro atoms. The first-order valence-electron chi connectivity index (χ1n) is 6.04. The molecule has 0 amide bonds. The van der Waals surface area contributed by atoms with Crippen molar-refractivity contribution in [3.63, 3.8) is 0 Å². The summed E-state index contributed by atoms with van der Waals surface area (Å²) in [5.74, 6) is -2.47. The van der Waals surface area contributed by atoms with Gasteiger partial charge in [-0.2, -0.15) is 0 Å². The number of alkyl halides is 1. The molecule has 0 aromatic heterocycles. The van der Waals surface area contributed by atoms with Crippen molar-refractivity contribution in [3.8, 4) is 0 Å². The largest absolute Gasteiger partial charge is 0.318 e. The number of allylic oxidation sites excluding steroid dienone is 2. The maximum absolute atomic E-state index is 14.7. The fraction of sp³-hybridized carbons (Fsp3) is 0.667. The second kappa shape index (κ2) is 4.84. The molecule has 2 rings (SSSR count). The van der Waals surface area contributed by atoms with Gasteiger partial charge in [0.05, 0.1) is 0 Å². The molecule has 0 radical (unpaired) electrons. The molecule has 17 heavy (non-hydrogen) atoms. The van der Waals surface area contributed by atoms with Gasteiger partial charge >= 0.3 is 0 Å². The van der Waals surface area contributed by atoms with Gasteiger partial charge in [-0.15, -0.1) is 0 Å². The zero-order chi connectivity index (χ0) is 12.5. The highest BCUT2D eigenvalue weighted by molar-refractivity contribution is 5.27. The van der Waals surface area contributed by atoms with Gasteiger partial charge in [-0.1, -0.05) is 13.0 Å². The number of nitrogens with two attached hydrogens (primary N) is 1. The molecule has 2 atom stereocenters. The Morgan fingerprint density at radius 1 is 1.41 bits per heavy atom. The molecule has 0 saturated carbocycles. The molecule has 0 aromatic carbocycles. The Morgan fingerprint density at radius 2 is 2.06 bits per heavy atom. The third kappa shape index (κ3) is 2.27. The Morgan fingerprint density at radius 3 is 2.65 bits per heavy atom. The van der Waals surface area contributed by atoms with E-state index in [1.807, 2.05) is 0 Å². The summed E-state index contributed by atoms with van der Waals surface area (Å²) in [7, 11) is 0. The molecule has 3 nitrogen and oxygen atoms in total. The van der Waals surface area contributed by atoms with Crippen molar-refractivity contribution in [2.75, 3.05) is 32.7 Å². The lowest BCUT2D eigenvalue weighted by Gasteiger charge is -2.44. The lowest BCUT2D eigenvalue weighted by Crippen LogP contribution is -2.61. The Kier molecular flexibility index (Phi) is 3.61. The topological polar surface area (TPSA) is 32.5 Å². The molecular formula is C12H19F2N3. The van der Waals surface area contributed by atoms with Crippen LogP contribution in [0, 0.1) is 0 Å². The van der Waals surface area contributed by atoms with Gasteiger partial charge in [-0.05, 0) is 18.7 Å². The summed E-state index contributed by atoms with van der Waals surface area (Å²) in [5, 5.41) is 0. The third-order valence-electron chi connectivity index (χ3n) is 3.62. The normalized spacial score (nSPS) is 36.0. The van der Waals surface area contributed by atoms with E-state index >= 15 is 0 Å². The quantitative estimate of drug-likeness (QED) is 0.736. The maximum Gasteiger partial charge on any atom is 0.204 e. The van der Waals surface area contributed by atoms with Crippen LogP contribution in [0.5, 0.6) is 0 Å². The molecule has 96 valence electrons. The van der Waals surface area contributed by atoms with Crippen LogP contribution in [0.1, 0.15) is 6.92 Å². The molecule has 0 aromatic rings. The van der Waals surface area contributed by atoms with Gasteiger partial charge in [0.15, 0.2) is 0 Å². The van der Waals surface area contributed by atoms with Crippen LogP contribution in [0.4, 0.5) is 8.78 Å². The minimum Gasteiger partial charge on any atom is -0.318 e. The lowest BCUT2D eigenvalue weighted by atomic mass is 9.97. The van der Waals surface area contributed by atoms with E-state index in [2.05, 4.69) is 11.8 Å². The van der Waals surface area contributed by atoms with Crippen molar-refractivity contribution < 1.29 is 8.78 Å². The minimum absolute atomic E-state index is 0.579. The standard InChI is InChI=1S/C12H19F2N3/c1-2-16-6-8-17(9-7-16)12(14)5-3-4-10(13)11(12)15/h3-5,11H,2,6-9,15H2,1H3. The lowest BCUT2D eigenvalue weighted by molar-refractivity contribution is -0.0383. The van der Waals surface area contributed by atoms with Crippen molar-refractivity contribution in [1.82, 2.24) is 9.80 Å². The Bertz CT molecular complexity index is 335. The van der Waals surface area contributed by atoms with E-state index in [9.17, 15) is 8.78 Å². The highest BCUT2D eigenvalue weighted by Crippen LogP contribution is 2.31. The first kappa shape index (κ1) is 12.7. The molecule has 2 aliphatic rings. The molecule has 1 heterocycles. The van der Waals surface area contributed by atoms with Crippen LogP contribution in [0.2, 0.25) is 0 Å². The smallest absolute Gasteiger partial charge is 0.204 e. The number of hydrogen-bond acceptors (Lipinski definition) is 3. The van der Waals surface area contributed by atoms with Crippen LogP contribution >= 0.6 is 0 Å². The van der Waals surface area contributed by atoms with E-state index in [4.69, 9.17) is 5.73 Å². The predicted octanol–water partition coefficient (Wildman–Crippen LogP) is 1.04. The van der Waals surface area contributed by atoms with Crippen molar-refractivity contribution in [1.29, 1.82) is 0 Å². The first-order valence-corrected chi connectivity index (χ1v) is 6.04. The number of likely N-dealkylation sites (N-methyl/N-ethyl adjacent to an activating group) is 1. The zero-order valence-corrected chi connectivity index (χ0v) is 10.1. The average Bonchev–Trinajstić information content (AvgIpc) is 2.36. The fourth-order valence-corrected chi connectivity index (χ4v) is 2.38. The number of rotatable bonds is 2.